The molecule has 0 bridgehead atoms. The third-order valence-electron chi connectivity index (χ3n) is 3.08. The molecule has 0 aliphatic carbocycles. The molecule has 118 valence electrons. The van der Waals surface area contributed by atoms with E-state index < -0.39 is 10.1 Å². The summed E-state index contributed by atoms with van der Waals surface area (Å²) in [6, 6.07) is 10.2. The Morgan fingerprint density at radius 1 is 1.22 bits per heavy atom. The molecule has 0 aliphatic heterocycles. The maximum absolute atomic E-state index is 12.4. The minimum atomic E-state index is -4.05. The monoisotopic (exact) mass is 412 g/mol. The van der Waals surface area contributed by atoms with Gasteiger partial charge in [0, 0.05) is 11.1 Å². The van der Waals surface area contributed by atoms with E-state index in [9.17, 15) is 8.42 Å². The molecule has 1 aromatic carbocycles. The van der Waals surface area contributed by atoms with Crippen molar-refractivity contribution < 1.29 is 12.6 Å². The first-order valence-electron chi connectivity index (χ1n) is 6.49. The van der Waals surface area contributed by atoms with E-state index >= 15 is 0 Å². The van der Waals surface area contributed by atoms with Crippen LogP contribution < -0.4 is 4.18 Å². The molecule has 0 fully saturated rings. The summed E-state index contributed by atoms with van der Waals surface area (Å²) in [6.45, 7) is 1.82. The molecule has 2 heterocycles. The van der Waals surface area contributed by atoms with E-state index in [1.165, 1.54) is 6.07 Å². The van der Waals surface area contributed by atoms with Gasteiger partial charge in [0.25, 0.3) is 0 Å². The standard InChI is InChI=1S/C15H10BrClN2O3S/c1-9-5-6-10-3-2-4-13(14(10)19-9)22-23(20,21)11-7-12(16)15(17)18-8-11/h2-8H,1H3. The fourth-order valence-corrected chi connectivity index (χ4v) is 3.51. The van der Waals surface area contributed by atoms with E-state index in [0.717, 1.165) is 17.3 Å². The van der Waals surface area contributed by atoms with Gasteiger partial charge in [-0.3, -0.25) is 0 Å². The maximum Gasteiger partial charge on any atom is 0.340 e. The van der Waals surface area contributed by atoms with E-state index in [-0.39, 0.29) is 15.8 Å². The molecule has 0 unspecified atom stereocenters. The summed E-state index contributed by atoms with van der Waals surface area (Å²) in [5.41, 5.74) is 1.25. The Bertz CT molecular complexity index is 1010. The van der Waals surface area contributed by atoms with Crippen LogP contribution in [0.1, 0.15) is 5.69 Å². The molecule has 3 aromatic rings. The molecule has 0 saturated heterocycles. The molecule has 8 heteroatoms. The predicted molar refractivity (Wildman–Crippen MR) is 91.2 cm³/mol. The Labute approximate surface area is 146 Å². The fraction of sp³-hybridized carbons (Fsp3) is 0.0667. The van der Waals surface area contributed by atoms with Crippen LogP contribution in [0, 0.1) is 6.92 Å². The van der Waals surface area contributed by atoms with Gasteiger partial charge in [-0.15, -0.1) is 0 Å². The van der Waals surface area contributed by atoms with E-state index in [1.807, 2.05) is 25.1 Å². The van der Waals surface area contributed by atoms with E-state index in [1.54, 1.807) is 12.1 Å². The highest BCUT2D eigenvalue weighted by Crippen LogP contribution is 2.28. The van der Waals surface area contributed by atoms with Crippen molar-refractivity contribution in [2.75, 3.05) is 0 Å². The zero-order valence-corrected chi connectivity index (χ0v) is 15.0. The lowest BCUT2D eigenvalue weighted by atomic mass is 10.2. The van der Waals surface area contributed by atoms with Gasteiger partial charge in [-0.05, 0) is 41.1 Å². The molecule has 0 saturated carbocycles. The first kappa shape index (κ1) is 16.2. The van der Waals surface area contributed by atoms with Crippen LogP contribution in [-0.2, 0) is 10.1 Å². The number of para-hydroxylation sites is 1. The number of hydrogen-bond donors (Lipinski definition) is 0. The van der Waals surface area contributed by atoms with Gasteiger partial charge in [-0.1, -0.05) is 29.8 Å². The van der Waals surface area contributed by atoms with Crippen LogP contribution in [0.4, 0.5) is 0 Å². The molecular formula is C15H10BrClN2O3S. The third kappa shape index (κ3) is 3.31. The van der Waals surface area contributed by atoms with Gasteiger partial charge in [0.2, 0.25) is 0 Å². The molecule has 2 aromatic heterocycles. The van der Waals surface area contributed by atoms with E-state index in [4.69, 9.17) is 15.8 Å². The average Bonchev–Trinajstić information content (AvgIpc) is 2.50. The van der Waals surface area contributed by atoms with Crippen LogP contribution in [0.2, 0.25) is 5.15 Å². The number of fused-ring (bicyclic) bond motifs is 1. The quantitative estimate of drug-likeness (QED) is 0.477. The van der Waals surface area contributed by atoms with E-state index in [2.05, 4.69) is 25.9 Å². The van der Waals surface area contributed by atoms with Crippen LogP contribution in [0.5, 0.6) is 5.75 Å². The van der Waals surface area contributed by atoms with Crippen LogP contribution in [0.25, 0.3) is 10.9 Å². The zero-order chi connectivity index (χ0) is 16.6. The molecule has 3 rings (SSSR count). The molecule has 0 N–H and O–H groups in total. The summed E-state index contributed by atoms with van der Waals surface area (Å²) in [7, 11) is -4.05. The zero-order valence-electron chi connectivity index (χ0n) is 11.8. The van der Waals surface area contributed by atoms with Crippen LogP contribution in [-0.4, -0.2) is 18.4 Å². The number of rotatable bonds is 3. The summed E-state index contributed by atoms with van der Waals surface area (Å²) in [6.07, 6.45) is 1.15. The van der Waals surface area contributed by atoms with Crippen molar-refractivity contribution in [3.8, 4) is 5.75 Å². The Morgan fingerprint density at radius 2 is 2.00 bits per heavy atom. The first-order valence-corrected chi connectivity index (χ1v) is 9.07. The summed E-state index contributed by atoms with van der Waals surface area (Å²) in [4.78, 5) is 8.06. The van der Waals surface area contributed by atoms with Crippen LogP contribution in [0.3, 0.4) is 0 Å². The Balaban J connectivity index is 2.07. The van der Waals surface area contributed by atoms with Crippen LogP contribution >= 0.6 is 27.5 Å². The lowest BCUT2D eigenvalue weighted by Crippen LogP contribution is -2.10. The summed E-state index contributed by atoms with van der Waals surface area (Å²) in [5.74, 6) is 0.164. The highest BCUT2D eigenvalue weighted by Gasteiger charge is 2.20. The van der Waals surface area contributed by atoms with Crippen molar-refractivity contribution in [1.82, 2.24) is 9.97 Å². The van der Waals surface area contributed by atoms with E-state index in [0.29, 0.717) is 9.99 Å². The fourth-order valence-electron chi connectivity index (χ4n) is 1.99. The van der Waals surface area contributed by atoms with Crippen molar-refractivity contribution in [3.05, 3.63) is 57.9 Å². The summed E-state index contributed by atoms with van der Waals surface area (Å²) in [5, 5.41) is 0.963. The smallest absolute Gasteiger partial charge is 0.340 e. The van der Waals surface area contributed by atoms with Crippen molar-refractivity contribution in [2.45, 2.75) is 11.8 Å². The minimum absolute atomic E-state index is 0.0987. The van der Waals surface area contributed by atoms with Gasteiger partial charge < -0.3 is 4.18 Å². The second-order valence-electron chi connectivity index (χ2n) is 4.76. The second kappa shape index (κ2) is 6.07. The van der Waals surface area contributed by atoms with Crippen molar-refractivity contribution >= 4 is 48.6 Å². The minimum Gasteiger partial charge on any atom is -0.377 e. The number of benzene rings is 1. The summed E-state index contributed by atoms with van der Waals surface area (Å²) < 4.78 is 30.5. The van der Waals surface area contributed by atoms with Gasteiger partial charge in [0.1, 0.15) is 15.6 Å². The summed E-state index contributed by atoms with van der Waals surface area (Å²) >= 11 is 8.93. The number of halogens is 2. The van der Waals surface area contributed by atoms with Gasteiger partial charge >= 0.3 is 10.1 Å². The van der Waals surface area contributed by atoms with Gasteiger partial charge in [0.05, 0.1) is 10.7 Å². The van der Waals surface area contributed by atoms with Crippen molar-refractivity contribution in [2.24, 2.45) is 0 Å². The average molecular weight is 414 g/mol. The van der Waals surface area contributed by atoms with Gasteiger partial charge in [-0.25, -0.2) is 9.97 Å². The number of hydrogen-bond acceptors (Lipinski definition) is 5. The van der Waals surface area contributed by atoms with Crippen molar-refractivity contribution in [3.63, 3.8) is 0 Å². The molecule has 0 aliphatic rings. The van der Waals surface area contributed by atoms with Crippen molar-refractivity contribution in [1.29, 1.82) is 0 Å². The molecule has 5 nitrogen and oxygen atoms in total. The SMILES string of the molecule is Cc1ccc2cccc(OS(=O)(=O)c3cnc(Cl)c(Br)c3)c2n1. The third-order valence-corrected chi connectivity index (χ3v) is 5.42. The highest BCUT2D eigenvalue weighted by atomic mass is 79.9. The topological polar surface area (TPSA) is 69.2 Å². The number of pyridine rings is 2. The molecule has 0 amide bonds. The molecular weight excluding hydrogens is 404 g/mol. The Kier molecular flexibility index (Phi) is 4.27. The van der Waals surface area contributed by atoms with Gasteiger partial charge in [0.15, 0.2) is 5.75 Å². The lowest BCUT2D eigenvalue weighted by Gasteiger charge is -2.09. The molecule has 0 spiro atoms. The molecule has 0 radical (unpaired) electrons. The lowest BCUT2D eigenvalue weighted by molar-refractivity contribution is 0.487. The maximum atomic E-state index is 12.4. The number of aryl methyl sites for hydroxylation is 1. The largest absolute Gasteiger partial charge is 0.377 e. The first-order chi connectivity index (χ1) is 10.9. The second-order valence-corrected chi connectivity index (χ2v) is 7.52. The number of aromatic nitrogens is 2. The molecule has 23 heavy (non-hydrogen) atoms. The predicted octanol–water partition coefficient (Wildman–Crippen LogP) is 4.12. The molecule has 0 atom stereocenters. The van der Waals surface area contributed by atoms with Crippen LogP contribution in [0.15, 0.2) is 52.0 Å². The van der Waals surface area contributed by atoms with Gasteiger partial charge in [-0.2, -0.15) is 8.42 Å². The Hall–Kier alpha value is -1.70. The Morgan fingerprint density at radius 3 is 2.74 bits per heavy atom. The normalized spacial score (nSPS) is 11.6. The number of nitrogens with zero attached hydrogens (tertiary/aromatic N) is 2. The highest BCUT2D eigenvalue weighted by molar-refractivity contribution is 9.10.